The molecule has 1 fully saturated rings. The minimum atomic E-state index is -0.649. The second-order valence-electron chi connectivity index (χ2n) is 5.40. The molecule has 1 aliphatic carbocycles. The maximum Gasteiger partial charge on any atom is 0.0741 e. The van der Waals surface area contributed by atoms with E-state index in [1.54, 1.807) is 0 Å². The molecule has 1 aromatic carbocycles. The Balaban J connectivity index is 1.89. The fourth-order valence-electron chi connectivity index (χ4n) is 1.97. The van der Waals surface area contributed by atoms with E-state index < -0.39 is 5.60 Å². The Hall–Kier alpha value is -0.860. The van der Waals surface area contributed by atoms with Crippen molar-refractivity contribution in [2.24, 2.45) is 0 Å². The van der Waals surface area contributed by atoms with Gasteiger partial charge in [0.15, 0.2) is 0 Å². The van der Waals surface area contributed by atoms with Crippen LogP contribution in [0, 0.1) is 0 Å². The second-order valence-corrected chi connectivity index (χ2v) is 5.40. The highest BCUT2D eigenvalue weighted by molar-refractivity contribution is 5.27. The fraction of sp³-hybridized carbons (Fsp3) is 0.571. The van der Waals surface area contributed by atoms with Crippen molar-refractivity contribution in [3.63, 3.8) is 0 Å². The molecule has 2 rings (SSSR count). The van der Waals surface area contributed by atoms with Crippen molar-refractivity contribution in [1.82, 2.24) is 5.32 Å². The van der Waals surface area contributed by atoms with E-state index in [1.165, 1.54) is 12.0 Å². The van der Waals surface area contributed by atoms with Crippen LogP contribution in [0.2, 0.25) is 0 Å². The van der Waals surface area contributed by atoms with E-state index in [0.717, 1.165) is 0 Å². The molecule has 2 N–H and O–H groups in total. The van der Waals surface area contributed by atoms with Gasteiger partial charge < -0.3 is 10.4 Å². The average Bonchev–Trinajstić information content (AvgIpc) is 2.97. The van der Waals surface area contributed by atoms with Crippen molar-refractivity contribution in [2.45, 2.75) is 50.8 Å². The summed E-state index contributed by atoms with van der Waals surface area (Å²) >= 11 is 0. The normalized spacial score (nSPS) is 26.5. The zero-order valence-electron chi connectivity index (χ0n) is 10.3. The van der Waals surface area contributed by atoms with Crippen molar-refractivity contribution in [1.29, 1.82) is 0 Å². The summed E-state index contributed by atoms with van der Waals surface area (Å²) in [5.74, 6) is 0.631. The summed E-state index contributed by atoms with van der Waals surface area (Å²) in [5.41, 5.74) is 0.757. The predicted molar refractivity (Wildman–Crippen MR) is 66.5 cm³/mol. The first kappa shape index (κ1) is 11.6. The molecule has 1 aliphatic rings. The average molecular weight is 219 g/mol. The van der Waals surface area contributed by atoms with E-state index in [1.807, 2.05) is 26.8 Å². The number of hydrogen-bond donors (Lipinski definition) is 2. The molecule has 3 unspecified atom stereocenters. The van der Waals surface area contributed by atoms with Gasteiger partial charge in [-0.3, -0.25) is 0 Å². The third-order valence-corrected chi connectivity index (χ3v) is 3.54. The van der Waals surface area contributed by atoms with Gasteiger partial charge in [0.05, 0.1) is 5.60 Å². The molecule has 0 saturated heterocycles. The van der Waals surface area contributed by atoms with Crippen molar-refractivity contribution in [2.75, 3.05) is 0 Å². The Bertz CT molecular complexity index is 342. The quantitative estimate of drug-likeness (QED) is 0.814. The van der Waals surface area contributed by atoms with Crippen LogP contribution in [0.25, 0.3) is 0 Å². The van der Waals surface area contributed by atoms with Gasteiger partial charge in [-0.05, 0) is 32.8 Å². The number of nitrogens with one attached hydrogen (secondary N) is 1. The summed E-state index contributed by atoms with van der Waals surface area (Å²) in [4.78, 5) is 0. The summed E-state index contributed by atoms with van der Waals surface area (Å²) < 4.78 is 0. The minimum Gasteiger partial charge on any atom is -0.389 e. The summed E-state index contributed by atoms with van der Waals surface area (Å²) in [5, 5.41) is 13.3. The topological polar surface area (TPSA) is 32.3 Å². The van der Waals surface area contributed by atoms with Crippen LogP contribution in [0.3, 0.4) is 0 Å². The van der Waals surface area contributed by atoms with Crippen molar-refractivity contribution in [3.05, 3.63) is 35.9 Å². The maximum absolute atomic E-state index is 9.86. The molecule has 3 atom stereocenters. The Kier molecular flexibility index (Phi) is 3.04. The highest BCUT2D eigenvalue weighted by Crippen LogP contribution is 2.41. The molecule has 2 nitrogen and oxygen atoms in total. The van der Waals surface area contributed by atoms with Crippen LogP contribution in [-0.4, -0.2) is 22.8 Å². The Morgan fingerprint density at radius 2 is 1.94 bits per heavy atom. The van der Waals surface area contributed by atoms with Gasteiger partial charge in [-0.25, -0.2) is 0 Å². The van der Waals surface area contributed by atoms with Gasteiger partial charge >= 0.3 is 0 Å². The zero-order chi connectivity index (χ0) is 11.8. The first-order valence-corrected chi connectivity index (χ1v) is 6.02. The van der Waals surface area contributed by atoms with Gasteiger partial charge in [0.1, 0.15) is 0 Å². The fourth-order valence-corrected chi connectivity index (χ4v) is 1.97. The Labute approximate surface area is 97.7 Å². The van der Waals surface area contributed by atoms with Crippen LogP contribution < -0.4 is 5.32 Å². The number of aliphatic hydroxyl groups is 1. The standard InChI is InChI=1S/C14H21NO/c1-10(14(2,3)16)15-13-9-12(13)11-7-5-4-6-8-11/h4-8,10,12-13,15-16H,9H2,1-3H3. The molecule has 0 amide bonds. The molecule has 0 heterocycles. The molecule has 0 aliphatic heterocycles. The van der Waals surface area contributed by atoms with E-state index in [2.05, 4.69) is 29.6 Å². The summed E-state index contributed by atoms with van der Waals surface area (Å²) in [6.45, 7) is 5.75. The monoisotopic (exact) mass is 219 g/mol. The van der Waals surface area contributed by atoms with Crippen LogP contribution >= 0.6 is 0 Å². The van der Waals surface area contributed by atoms with Crippen molar-refractivity contribution in [3.8, 4) is 0 Å². The van der Waals surface area contributed by atoms with Crippen LogP contribution in [0.4, 0.5) is 0 Å². The van der Waals surface area contributed by atoms with Gasteiger partial charge in [0.25, 0.3) is 0 Å². The smallest absolute Gasteiger partial charge is 0.0741 e. The minimum absolute atomic E-state index is 0.131. The Morgan fingerprint density at radius 3 is 2.50 bits per heavy atom. The Morgan fingerprint density at radius 1 is 1.31 bits per heavy atom. The summed E-state index contributed by atoms with van der Waals surface area (Å²) in [6, 6.07) is 11.2. The van der Waals surface area contributed by atoms with Gasteiger partial charge in [-0.15, -0.1) is 0 Å². The molecule has 2 heteroatoms. The molecule has 1 aromatic rings. The number of rotatable bonds is 4. The largest absolute Gasteiger partial charge is 0.389 e. The molecule has 0 aromatic heterocycles. The molecule has 0 spiro atoms. The lowest BCUT2D eigenvalue weighted by Crippen LogP contribution is -2.45. The van der Waals surface area contributed by atoms with Gasteiger partial charge in [0.2, 0.25) is 0 Å². The predicted octanol–water partition coefficient (Wildman–Crippen LogP) is 2.29. The van der Waals surface area contributed by atoms with Crippen LogP contribution in [0.5, 0.6) is 0 Å². The second kappa shape index (κ2) is 4.19. The number of benzene rings is 1. The molecule has 0 bridgehead atoms. The third-order valence-electron chi connectivity index (χ3n) is 3.54. The lowest BCUT2D eigenvalue weighted by molar-refractivity contribution is 0.0434. The van der Waals surface area contributed by atoms with Crippen molar-refractivity contribution < 1.29 is 5.11 Å². The highest BCUT2D eigenvalue weighted by atomic mass is 16.3. The lowest BCUT2D eigenvalue weighted by Gasteiger charge is -2.27. The number of hydrogen-bond acceptors (Lipinski definition) is 2. The molecule has 1 saturated carbocycles. The molecule has 0 radical (unpaired) electrons. The van der Waals surface area contributed by atoms with Gasteiger partial charge in [0, 0.05) is 18.0 Å². The maximum atomic E-state index is 9.86. The zero-order valence-corrected chi connectivity index (χ0v) is 10.3. The van der Waals surface area contributed by atoms with E-state index in [9.17, 15) is 5.11 Å². The first-order chi connectivity index (χ1) is 7.48. The molecule has 88 valence electrons. The van der Waals surface area contributed by atoms with E-state index in [4.69, 9.17) is 0 Å². The third kappa shape index (κ3) is 2.63. The van der Waals surface area contributed by atoms with E-state index in [0.29, 0.717) is 12.0 Å². The van der Waals surface area contributed by atoms with Crippen LogP contribution in [0.1, 0.15) is 38.7 Å². The summed E-state index contributed by atoms with van der Waals surface area (Å²) in [7, 11) is 0. The SMILES string of the molecule is CC(NC1CC1c1ccccc1)C(C)(C)O. The lowest BCUT2D eigenvalue weighted by atomic mass is 10.0. The highest BCUT2D eigenvalue weighted by Gasteiger charge is 2.40. The summed E-state index contributed by atoms with van der Waals surface area (Å²) in [6.07, 6.45) is 1.18. The van der Waals surface area contributed by atoms with Crippen LogP contribution in [-0.2, 0) is 0 Å². The first-order valence-electron chi connectivity index (χ1n) is 6.02. The van der Waals surface area contributed by atoms with Crippen LogP contribution in [0.15, 0.2) is 30.3 Å². The molecule has 16 heavy (non-hydrogen) atoms. The van der Waals surface area contributed by atoms with Gasteiger partial charge in [-0.1, -0.05) is 30.3 Å². The molecular weight excluding hydrogens is 198 g/mol. The van der Waals surface area contributed by atoms with Crippen molar-refractivity contribution >= 4 is 0 Å². The molecular formula is C14H21NO. The van der Waals surface area contributed by atoms with E-state index >= 15 is 0 Å². The van der Waals surface area contributed by atoms with Gasteiger partial charge in [-0.2, -0.15) is 0 Å². The van der Waals surface area contributed by atoms with E-state index in [-0.39, 0.29) is 6.04 Å².